The average molecular weight is 424 g/mol. The number of benzene rings is 2. The summed E-state index contributed by atoms with van der Waals surface area (Å²) in [6.07, 6.45) is 0.307. The van der Waals surface area contributed by atoms with Gasteiger partial charge in [0.25, 0.3) is 11.8 Å². The number of aliphatic hydroxyl groups excluding tert-OH is 1. The van der Waals surface area contributed by atoms with E-state index in [0.717, 1.165) is 18.4 Å². The second kappa shape index (κ2) is 8.42. The highest BCUT2D eigenvalue weighted by Crippen LogP contribution is 2.31. The highest BCUT2D eigenvalue weighted by atomic mass is 16.4. The number of amides is 2. The summed E-state index contributed by atoms with van der Waals surface area (Å²) in [5, 5.41) is 20.2. The first kappa shape index (κ1) is 21.5. The van der Waals surface area contributed by atoms with E-state index in [9.17, 15) is 19.8 Å². The van der Waals surface area contributed by atoms with Crippen molar-refractivity contribution < 1.29 is 19.8 Å². The van der Waals surface area contributed by atoms with Crippen molar-refractivity contribution in [3.8, 4) is 0 Å². The van der Waals surface area contributed by atoms with Gasteiger partial charge in [-0.1, -0.05) is 30.3 Å². The third kappa shape index (κ3) is 4.21. The Morgan fingerprint density at radius 2 is 1.87 bits per heavy atom. The van der Waals surface area contributed by atoms with Crippen molar-refractivity contribution in [1.82, 2.24) is 4.90 Å². The largest absolute Gasteiger partial charge is 0.385 e. The van der Waals surface area contributed by atoms with Crippen LogP contribution in [-0.4, -0.2) is 58.3 Å². The van der Waals surface area contributed by atoms with Gasteiger partial charge >= 0.3 is 0 Å². The predicted molar refractivity (Wildman–Crippen MR) is 118 cm³/mol. The van der Waals surface area contributed by atoms with Crippen molar-refractivity contribution >= 4 is 17.5 Å². The Morgan fingerprint density at radius 1 is 1.16 bits per heavy atom. The summed E-state index contributed by atoms with van der Waals surface area (Å²) in [5.41, 5.74) is 7.63. The molecule has 0 saturated carbocycles. The van der Waals surface area contributed by atoms with Crippen LogP contribution in [0.15, 0.2) is 48.5 Å². The third-order valence-corrected chi connectivity index (χ3v) is 6.41. The van der Waals surface area contributed by atoms with Crippen molar-refractivity contribution in [3.05, 3.63) is 65.2 Å². The molecule has 7 heteroatoms. The molecule has 0 bridgehead atoms. The molecule has 2 aromatic rings. The Kier molecular flexibility index (Phi) is 5.83. The van der Waals surface area contributed by atoms with Crippen molar-refractivity contribution in [1.29, 1.82) is 0 Å². The number of β-amino-alcohol motifs (C(OH)–C–C–N with tert-alkyl or cyclic N) is 1. The van der Waals surface area contributed by atoms with Crippen LogP contribution in [0, 0.1) is 0 Å². The quantitative estimate of drug-likeness (QED) is 0.693. The molecular formula is C24H29N3O4. The van der Waals surface area contributed by atoms with Crippen LogP contribution in [0.3, 0.4) is 0 Å². The Balaban J connectivity index is 1.44. The minimum Gasteiger partial charge on any atom is -0.385 e. The molecule has 2 saturated heterocycles. The summed E-state index contributed by atoms with van der Waals surface area (Å²) in [5.74, 6) is -0.224. The van der Waals surface area contributed by atoms with Gasteiger partial charge in [-0.25, -0.2) is 0 Å². The molecule has 2 fully saturated rings. The molecule has 2 amide bonds. The average Bonchev–Trinajstić information content (AvgIpc) is 3.01. The van der Waals surface area contributed by atoms with E-state index >= 15 is 0 Å². The Bertz CT molecular complexity index is 982. The maximum atomic E-state index is 13.1. The summed E-state index contributed by atoms with van der Waals surface area (Å²) >= 11 is 0. The van der Waals surface area contributed by atoms with Crippen molar-refractivity contribution in [2.75, 3.05) is 24.5 Å². The first-order chi connectivity index (χ1) is 14.8. The van der Waals surface area contributed by atoms with E-state index < -0.39 is 17.6 Å². The van der Waals surface area contributed by atoms with Gasteiger partial charge in [0.2, 0.25) is 0 Å². The molecule has 0 spiro atoms. The lowest BCUT2D eigenvalue weighted by atomic mass is 9.88. The monoisotopic (exact) mass is 423 g/mol. The summed E-state index contributed by atoms with van der Waals surface area (Å²) < 4.78 is 0. The lowest BCUT2D eigenvalue weighted by Gasteiger charge is -2.32. The fourth-order valence-electron chi connectivity index (χ4n) is 4.50. The fourth-order valence-corrected chi connectivity index (χ4v) is 4.50. The van der Waals surface area contributed by atoms with Crippen LogP contribution in [-0.2, 0) is 11.3 Å². The minimum atomic E-state index is -1.51. The van der Waals surface area contributed by atoms with Crippen LogP contribution >= 0.6 is 0 Å². The van der Waals surface area contributed by atoms with E-state index in [0.29, 0.717) is 36.8 Å². The van der Waals surface area contributed by atoms with Gasteiger partial charge in [-0.15, -0.1) is 0 Å². The van der Waals surface area contributed by atoms with Crippen LogP contribution in [0.2, 0.25) is 0 Å². The number of nitrogens with zero attached hydrogens (tertiary/aromatic N) is 2. The summed E-state index contributed by atoms with van der Waals surface area (Å²) in [4.78, 5) is 28.6. The van der Waals surface area contributed by atoms with E-state index in [2.05, 4.69) is 12.1 Å². The van der Waals surface area contributed by atoms with Crippen molar-refractivity contribution in [2.45, 2.75) is 43.9 Å². The van der Waals surface area contributed by atoms with E-state index in [1.54, 1.807) is 24.3 Å². The number of anilines is 1. The number of rotatable bonds is 4. The van der Waals surface area contributed by atoms with Gasteiger partial charge in [-0.2, -0.15) is 0 Å². The maximum Gasteiger partial charge on any atom is 0.258 e. The molecule has 4 rings (SSSR count). The molecule has 2 aromatic carbocycles. The van der Waals surface area contributed by atoms with Crippen LogP contribution < -0.4 is 10.6 Å². The van der Waals surface area contributed by atoms with Crippen LogP contribution in [0.25, 0.3) is 0 Å². The Hall–Kier alpha value is -2.74. The third-order valence-electron chi connectivity index (χ3n) is 6.41. The Labute approximate surface area is 182 Å². The van der Waals surface area contributed by atoms with Gasteiger partial charge in [0.15, 0.2) is 6.10 Å². The first-order valence-corrected chi connectivity index (χ1v) is 10.7. The highest BCUT2D eigenvalue weighted by Gasteiger charge is 2.47. The minimum absolute atomic E-state index is 0.0160. The molecule has 31 heavy (non-hydrogen) atoms. The lowest BCUT2D eigenvalue weighted by Crippen LogP contribution is -2.39. The topological polar surface area (TPSA) is 107 Å². The normalized spacial score (nSPS) is 24.6. The molecule has 164 valence electrons. The molecule has 0 aliphatic carbocycles. The molecule has 2 aliphatic rings. The van der Waals surface area contributed by atoms with Crippen molar-refractivity contribution in [2.24, 2.45) is 5.73 Å². The number of hydrogen-bond acceptors (Lipinski definition) is 5. The summed E-state index contributed by atoms with van der Waals surface area (Å²) in [6.45, 7) is 3.26. The van der Waals surface area contributed by atoms with E-state index in [1.807, 2.05) is 17.0 Å². The zero-order valence-electron chi connectivity index (χ0n) is 17.7. The molecule has 0 unspecified atom stereocenters. The molecule has 4 N–H and O–H groups in total. The fraction of sp³-hybridized carbons (Fsp3) is 0.417. The summed E-state index contributed by atoms with van der Waals surface area (Å²) in [6, 6.07) is 15.2. The molecule has 7 nitrogen and oxygen atoms in total. The number of carbonyl (C=O) groups is 2. The first-order valence-electron chi connectivity index (χ1n) is 10.7. The van der Waals surface area contributed by atoms with Crippen LogP contribution in [0.4, 0.5) is 5.69 Å². The lowest BCUT2D eigenvalue weighted by molar-refractivity contribution is -0.130. The number of nitrogens with two attached hydrogens (primary N) is 1. The SMILES string of the molecule is C[C@]1(O)CN(c2cccc(C(=O)N3CCC(c4cccc(CN)c4)CC3)c2)C(=O)[C@H]1O. The van der Waals surface area contributed by atoms with E-state index in [-0.39, 0.29) is 12.5 Å². The maximum absolute atomic E-state index is 13.1. The number of aliphatic hydroxyl groups is 2. The molecule has 0 radical (unpaired) electrons. The second-order valence-corrected chi connectivity index (χ2v) is 8.75. The van der Waals surface area contributed by atoms with E-state index in [1.165, 1.54) is 17.4 Å². The molecule has 2 heterocycles. The van der Waals surface area contributed by atoms with Crippen LogP contribution in [0.5, 0.6) is 0 Å². The summed E-state index contributed by atoms with van der Waals surface area (Å²) in [7, 11) is 0. The molecule has 0 aromatic heterocycles. The van der Waals surface area contributed by atoms with Gasteiger partial charge in [-0.3, -0.25) is 9.59 Å². The van der Waals surface area contributed by atoms with Gasteiger partial charge in [0.05, 0.1) is 6.54 Å². The van der Waals surface area contributed by atoms with E-state index in [4.69, 9.17) is 5.73 Å². The van der Waals surface area contributed by atoms with Gasteiger partial charge < -0.3 is 25.7 Å². The highest BCUT2D eigenvalue weighted by molar-refractivity contribution is 6.02. The zero-order chi connectivity index (χ0) is 22.2. The standard InChI is InChI=1S/C24H29N3O4/c1-24(31)15-27(23(30)21(24)28)20-7-3-6-19(13-20)22(29)26-10-8-17(9-11-26)18-5-2-4-16(12-18)14-25/h2-7,12-13,17,21,28,31H,8-11,14-15,25H2,1H3/t21-,24+/m1/s1. The Morgan fingerprint density at radius 3 is 2.52 bits per heavy atom. The zero-order valence-corrected chi connectivity index (χ0v) is 17.7. The number of piperidine rings is 1. The van der Waals surface area contributed by atoms with Gasteiger partial charge in [0.1, 0.15) is 5.60 Å². The van der Waals surface area contributed by atoms with Gasteiger partial charge in [0, 0.05) is 30.9 Å². The number of carbonyl (C=O) groups excluding carboxylic acids is 2. The van der Waals surface area contributed by atoms with Gasteiger partial charge in [-0.05, 0) is 55.0 Å². The molecule has 2 aliphatic heterocycles. The second-order valence-electron chi connectivity index (χ2n) is 8.75. The number of likely N-dealkylation sites (tertiary alicyclic amines) is 1. The van der Waals surface area contributed by atoms with Crippen LogP contribution in [0.1, 0.15) is 47.2 Å². The molecular weight excluding hydrogens is 394 g/mol. The predicted octanol–water partition coefficient (Wildman–Crippen LogP) is 1.62. The number of hydrogen-bond donors (Lipinski definition) is 3. The smallest absolute Gasteiger partial charge is 0.258 e. The molecule has 2 atom stereocenters. The van der Waals surface area contributed by atoms with Crippen molar-refractivity contribution in [3.63, 3.8) is 0 Å².